The SMILES string of the molecule is CCCCCCCC(=O)CC[C@@H]1[C@@H](CC=CCCCC(=O)NCC(=O)OCCCO[N+](=O)[O-])[C@@H](O)C[C@H]1O. The van der Waals surface area contributed by atoms with Crippen LogP contribution in [0.1, 0.15) is 96.8 Å². The van der Waals surface area contributed by atoms with Gasteiger partial charge in [0.05, 0.1) is 25.4 Å². The number of hydrogen-bond donors (Lipinski definition) is 3. The average molecular weight is 543 g/mol. The summed E-state index contributed by atoms with van der Waals surface area (Å²) < 4.78 is 4.84. The number of esters is 1. The van der Waals surface area contributed by atoms with Crippen molar-refractivity contribution in [3.63, 3.8) is 0 Å². The molecule has 218 valence electrons. The van der Waals surface area contributed by atoms with E-state index in [9.17, 15) is 34.7 Å². The Balaban J connectivity index is 2.20. The molecule has 1 amide bonds. The van der Waals surface area contributed by atoms with E-state index in [1.807, 2.05) is 12.2 Å². The topological polar surface area (TPSA) is 165 Å². The van der Waals surface area contributed by atoms with Crippen LogP contribution >= 0.6 is 0 Å². The first-order valence-electron chi connectivity index (χ1n) is 14.0. The summed E-state index contributed by atoms with van der Waals surface area (Å²) in [6.07, 6.45) is 12.5. The quantitative estimate of drug-likeness (QED) is 0.0611. The van der Waals surface area contributed by atoms with Crippen molar-refractivity contribution in [1.82, 2.24) is 5.32 Å². The Labute approximate surface area is 225 Å². The van der Waals surface area contributed by atoms with Gasteiger partial charge in [-0.1, -0.05) is 44.8 Å². The highest BCUT2D eigenvalue weighted by atomic mass is 16.9. The first-order valence-corrected chi connectivity index (χ1v) is 14.0. The van der Waals surface area contributed by atoms with E-state index in [0.29, 0.717) is 44.9 Å². The van der Waals surface area contributed by atoms with E-state index >= 15 is 0 Å². The van der Waals surface area contributed by atoms with Crippen LogP contribution in [0.4, 0.5) is 0 Å². The van der Waals surface area contributed by atoms with Crippen molar-refractivity contribution in [2.45, 2.75) is 109 Å². The molecule has 38 heavy (non-hydrogen) atoms. The summed E-state index contributed by atoms with van der Waals surface area (Å²) in [7, 11) is 0. The molecule has 0 aromatic rings. The smallest absolute Gasteiger partial charge is 0.325 e. The summed E-state index contributed by atoms with van der Waals surface area (Å²) in [4.78, 5) is 49.8. The maximum Gasteiger partial charge on any atom is 0.325 e. The van der Waals surface area contributed by atoms with Gasteiger partial charge in [0, 0.05) is 25.7 Å². The number of carbonyl (C=O) groups excluding carboxylic acids is 3. The van der Waals surface area contributed by atoms with Gasteiger partial charge in [-0.15, -0.1) is 10.1 Å². The molecule has 1 aliphatic carbocycles. The number of Topliss-reactive ketones (excluding diaryl/α,β-unsaturated/α-hetero) is 1. The van der Waals surface area contributed by atoms with E-state index in [4.69, 9.17) is 4.74 Å². The molecule has 0 aromatic carbocycles. The van der Waals surface area contributed by atoms with E-state index in [1.54, 1.807) is 0 Å². The van der Waals surface area contributed by atoms with Gasteiger partial charge in [-0.25, -0.2) is 0 Å². The van der Waals surface area contributed by atoms with Crippen molar-refractivity contribution in [3.05, 3.63) is 22.3 Å². The van der Waals surface area contributed by atoms with Gasteiger partial charge in [-0.3, -0.25) is 14.4 Å². The summed E-state index contributed by atoms with van der Waals surface area (Å²) >= 11 is 0. The van der Waals surface area contributed by atoms with Gasteiger partial charge in [0.15, 0.2) is 0 Å². The van der Waals surface area contributed by atoms with Crippen molar-refractivity contribution < 1.29 is 39.3 Å². The molecule has 0 radical (unpaired) electrons. The Morgan fingerprint density at radius 2 is 1.68 bits per heavy atom. The van der Waals surface area contributed by atoms with Crippen molar-refractivity contribution in [3.8, 4) is 0 Å². The number of ketones is 1. The zero-order valence-corrected chi connectivity index (χ0v) is 22.7. The Morgan fingerprint density at radius 1 is 0.947 bits per heavy atom. The Morgan fingerprint density at radius 3 is 2.42 bits per heavy atom. The van der Waals surface area contributed by atoms with Gasteiger partial charge in [-0.05, 0) is 50.4 Å². The third-order valence-electron chi connectivity index (χ3n) is 6.86. The predicted octanol–water partition coefficient (Wildman–Crippen LogP) is 3.43. The first-order chi connectivity index (χ1) is 18.2. The molecule has 1 rings (SSSR count). The average Bonchev–Trinajstić information content (AvgIpc) is 3.14. The molecule has 0 aliphatic heterocycles. The molecule has 1 fully saturated rings. The number of hydrogen-bond acceptors (Lipinski definition) is 9. The van der Waals surface area contributed by atoms with Crippen molar-refractivity contribution in [2.24, 2.45) is 11.8 Å². The highest BCUT2D eigenvalue weighted by Crippen LogP contribution is 2.38. The number of carbonyl (C=O) groups is 3. The summed E-state index contributed by atoms with van der Waals surface area (Å²) in [6, 6.07) is 0. The van der Waals surface area contributed by atoms with E-state index in [-0.39, 0.29) is 56.1 Å². The number of aliphatic hydroxyl groups is 2. The minimum absolute atomic E-state index is 0.0314. The third kappa shape index (κ3) is 15.7. The lowest BCUT2D eigenvalue weighted by atomic mass is 9.86. The molecular weight excluding hydrogens is 496 g/mol. The molecule has 3 N–H and O–H groups in total. The molecule has 0 bridgehead atoms. The maximum atomic E-state index is 12.2. The second kappa shape index (κ2) is 20.4. The van der Waals surface area contributed by atoms with Crippen LogP contribution in [0.5, 0.6) is 0 Å². The third-order valence-corrected chi connectivity index (χ3v) is 6.86. The van der Waals surface area contributed by atoms with E-state index in [2.05, 4.69) is 17.1 Å². The second-order valence-corrected chi connectivity index (χ2v) is 9.95. The van der Waals surface area contributed by atoms with E-state index < -0.39 is 23.3 Å². The summed E-state index contributed by atoms with van der Waals surface area (Å²) in [5.41, 5.74) is 0. The molecule has 0 spiro atoms. The van der Waals surface area contributed by atoms with Gasteiger partial charge in [0.25, 0.3) is 5.09 Å². The highest BCUT2D eigenvalue weighted by molar-refractivity contribution is 5.81. The van der Waals surface area contributed by atoms with Crippen LogP contribution in [0, 0.1) is 22.0 Å². The van der Waals surface area contributed by atoms with Crippen LogP contribution < -0.4 is 5.32 Å². The van der Waals surface area contributed by atoms with Crippen LogP contribution in [0.3, 0.4) is 0 Å². The summed E-state index contributed by atoms with van der Waals surface area (Å²) in [6.45, 7) is 1.70. The van der Waals surface area contributed by atoms with Crippen LogP contribution in [-0.4, -0.2) is 64.9 Å². The molecule has 11 nitrogen and oxygen atoms in total. The lowest BCUT2D eigenvalue weighted by Crippen LogP contribution is -2.30. The second-order valence-electron chi connectivity index (χ2n) is 9.95. The summed E-state index contributed by atoms with van der Waals surface area (Å²) in [5.74, 6) is -0.849. The van der Waals surface area contributed by atoms with Crippen LogP contribution in [0.15, 0.2) is 12.2 Å². The van der Waals surface area contributed by atoms with Crippen molar-refractivity contribution in [1.29, 1.82) is 0 Å². The zero-order valence-electron chi connectivity index (χ0n) is 22.7. The largest absolute Gasteiger partial charge is 0.464 e. The fourth-order valence-electron chi connectivity index (χ4n) is 4.73. The molecule has 0 unspecified atom stereocenters. The molecule has 4 atom stereocenters. The number of nitrogens with zero attached hydrogens (tertiary/aromatic N) is 1. The molecule has 0 aromatic heterocycles. The fourth-order valence-corrected chi connectivity index (χ4v) is 4.73. The molecule has 0 saturated heterocycles. The highest BCUT2D eigenvalue weighted by Gasteiger charge is 2.40. The molecule has 1 aliphatic rings. The van der Waals surface area contributed by atoms with Crippen molar-refractivity contribution in [2.75, 3.05) is 19.8 Å². The Bertz CT molecular complexity index is 744. The molecule has 11 heteroatoms. The normalized spacial score (nSPS) is 20.9. The lowest BCUT2D eigenvalue weighted by molar-refractivity contribution is -0.757. The Hall–Kier alpha value is -2.53. The number of unbranched alkanes of at least 4 members (excludes halogenated alkanes) is 5. The monoisotopic (exact) mass is 542 g/mol. The fraction of sp³-hybridized carbons (Fsp3) is 0.815. The number of aliphatic hydroxyl groups excluding tert-OH is 2. The van der Waals surface area contributed by atoms with Crippen molar-refractivity contribution >= 4 is 17.7 Å². The molecule has 0 heterocycles. The zero-order chi connectivity index (χ0) is 28.2. The van der Waals surface area contributed by atoms with E-state index in [0.717, 1.165) is 19.3 Å². The van der Waals surface area contributed by atoms with E-state index in [1.165, 1.54) is 12.8 Å². The van der Waals surface area contributed by atoms with Crippen LogP contribution in [0.25, 0.3) is 0 Å². The standard InChI is InChI=1S/C27H46N2O9/c1-2-3-4-5-8-12-21(30)15-16-23-22(24(31)19-25(23)32)13-9-6-7-10-14-26(33)28-20-27(34)37-17-11-18-38-29(35)36/h6,9,22-25,31-32H,2-5,7-8,10-20H2,1H3,(H,28,33)/t22-,23-,24+,25-/m1/s1. The van der Waals surface area contributed by atoms with Crippen LogP contribution in [-0.2, 0) is 24.0 Å². The van der Waals surface area contributed by atoms with Gasteiger partial charge in [0.2, 0.25) is 5.91 Å². The number of ether oxygens (including phenoxy) is 1. The predicted molar refractivity (Wildman–Crippen MR) is 140 cm³/mol. The van der Waals surface area contributed by atoms with Gasteiger partial charge < -0.3 is 25.1 Å². The lowest BCUT2D eigenvalue weighted by Gasteiger charge is -2.22. The first kappa shape index (κ1) is 33.5. The molecular formula is C27H46N2O9. The number of amides is 1. The number of rotatable bonds is 22. The minimum atomic E-state index is -0.918. The Kier molecular flexibility index (Phi) is 18.0. The van der Waals surface area contributed by atoms with Gasteiger partial charge in [0.1, 0.15) is 12.3 Å². The molecule has 1 saturated carbocycles. The number of nitrogens with one attached hydrogen (secondary N) is 1. The number of allylic oxidation sites excluding steroid dienone is 2. The van der Waals surface area contributed by atoms with Gasteiger partial charge >= 0.3 is 5.97 Å². The minimum Gasteiger partial charge on any atom is -0.464 e. The van der Waals surface area contributed by atoms with Crippen LogP contribution in [0.2, 0.25) is 0 Å². The maximum absolute atomic E-state index is 12.2. The summed E-state index contributed by atoms with van der Waals surface area (Å²) in [5, 5.41) is 32.4. The van der Waals surface area contributed by atoms with Gasteiger partial charge in [-0.2, -0.15) is 0 Å².